The molecule has 0 aliphatic carbocycles. The molecule has 3 N–H and O–H groups in total. The Morgan fingerprint density at radius 2 is 2.29 bits per heavy atom. The van der Waals surface area contributed by atoms with Gasteiger partial charge >= 0.3 is 0 Å². The summed E-state index contributed by atoms with van der Waals surface area (Å²) in [6.45, 7) is 0.441. The van der Waals surface area contributed by atoms with Crippen molar-refractivity contribution in [1.82, 2.24) is 13.7 Å². The summed E-state index contributed by atoms with van der Waals surface area (Å²) in [6, 6.07) is -0.169. The highest BCUT2D eigenvalue weighted by Gasteiger charge is 2.36. The predicted molar refractivity (Wildman–Crippen MR) is 80.7 cm³/mol. The van der Waals surface area contributed by atoms with E-state index >= 15 is 0 Å². The van der Waals surface area contributed by atoms with Crippen LogP contribution in [0.25, 0.3) is 4.96 Å². The minimum Gasteiger partial charge on any atom is -0.396 e. The predicted octanol–water partition coefficient (Wildman–Crippen LogP) is 0.904. The first kappa shape index (κ1) is 14.8. The second kappa shape index (κ2) is 5.56. The van der Waals surface area contributed by atoms with Gasteiger partial charge in [-0.2, -0.15) is 4.31 Å². The highest BCUT2D eigenvalue weighted by Crippen LogP contribution is 2.31. The van der Waals surface area contributed by atoms with Crippen LogP contribution in [0.1, 0.15) is 25.7 Å². The topological polar surface area (TPSA) is 101 Å². The van der Waals surface area contributed by atoms with Crippen LogP contribution in [0.4, 0.5) is 5.82 Å². The molecule has 0 saturated carbocycles. The largest absolute Gasteiger partial charge is 0.396 e. The lowest BCUT2D eigenvalue weighted by Gasteiger charge is -2.34. The summed E-state index contributed by atoms with van der Waals surface area (Å²) in [5.74, 6) is 0.0372. The number of thiazole rings is 1. The summed E-state index contributed by atoms with van der Waals surface area (Å²) in [4.78, 5) is 4.68. The van der Waals surface area contributed by atoms with Gasteiger partial charge in [0.1, 0.15) is 0 Å². The zero-order valence-corrected chi connectivity index (χ0v) is 13.1. The SMILES string of the molecule is Nc1nc2sccn2c1S(=O)(=O)N1CCCCC1CCO. The van der Waals surface area contributed by atoms with Crippen LogP contribution in [-0.2, 0) is 10.0 Å². The van der Waals surface area contributed by atoms with Gasteiger partial charge in [0.2, 0.25) is 0 Å². The van der Waals surface area contributed by atoms with E-state index in [0.29, 0.717) is 17.9 Å². The molecule has 0 amide bonds. The van der Waals surface area contributed by atoms with Gasteiger partial charge < -0.3 is 10.8 Å². The average Bonchev–Trinajstić information content (AvgIpc) is 2.99. The molecule has 0 aromatic carbocycles. The second-order valence-electron chi connectivity index (χ2n) is 5.14. The summed E-state index contributed by atoms with van der Waals surface area (Å²) >= 11 is 1.35. The standard InChI is InChI=1S/C12H18N4O3S2/c13-10-11(15-6-8-20-12(15)14-10)21(18,19)16-5-2-1-3-9(16)4-7-17/h6,8-9,17H,1-5,7,13H2. The Kier molecular flexibility index (Phi) is 3.91. The van der Waals surface area contributed by atoms with Crippen LogP contribution in [0.3, 0.4) is 0 Å². The van der Waals surface area contributed by atoms with Gasteiger partial charge in [-0.25, -0.2) is 13.4 Å². The van der Waals surface area contributed by atoms with E-state index in [-0.39, 0.29) is 23.5 Å². The smallest absolute Gasteiger partial charge is 0.263 e. The molecule has 1 unspecified atom stereocenters. The number of hydrogen-bond donors (Lipinski definition) is 2. The Balaban J connectivity index is 2.06. The molecule has 7 nitrogen and oxygen atoms in total. The third kappa shape index (κ3) is 2.44. The number of sulfonamides is 1. The zero-order chi connectivity index (χ0) is 15.0. The highest BCUT2D eigenvalue weighted by atomic mass is 32.2. The Hall–Kier alpha value is -1.16. The lowest BCUT2D eigenvalue weighted by molar-refractivity contribution is 0.192. The number of aliphatic hydroxyl groups is 1. The minimum atomic E-state index is -3.71. The zero-order valence-electron chi connectivity index (χ0n) is 11.5. The molecule has 3 rings (SSSR count). The molecular weight excluding hydrogens is 312 g/mol. The minimum absolute atomic E-state index is 0.0214. The van der Waals surface area contributed by atoms with Crippen molar-refractivity contribution in [2.24, 2.45) is 0 Å². The molecule has 2 aromatic heterocycles. The molecule has 116 valence electrons. The Bertz CT molecular complexity index is 735. The number of nitrogen functional groups attached to an aromatic ring is 1. The first-order valence-electron chi connectivity index (χ1n) is 6.89. The molecule has 21 heavy (non-hydrogen) atoms. The number of nitrogens with zero attached hydrogens (tertiary/aromatic N) is 3. The van der Waals surface area contributed by atoms with E-state index in [1.54, 1.807) is 11.6 Å². The molecular formula is C12H18N4O3S2. The Morgan fingerprint density at radius 1 is 1.48 bits per heavy atom. The van der Waals surface area contributed by atoms with Gasteiger partial charge in [-0.05, 0) is 19.3 Å². The monoisotopic (exact) mass is 330 g/mol. The number of fused-ring (bicyclic) bond motifs is 1. The fourth-order valence-corrected chi connectivity index (χ4v) is 5.56. The van der Waals surface area contributed by atoms with Gasteiger partial charge in [0.05, 0.1) is 0 Å². The number of hydrogen-bond acceptors (Lipinski definition) is 6. The van der Waals surface area contributed by atoms with Gasteiger partial charge in [0.25, 0.3) is 10.0 Å². The Labute approximate surface area is 127 Å². The van der Waals surface area contributed by atoms with Crippen LogP contribution in [0.15, 0.2) is 16.6 Å². The number of imidazole rings is 1. The van der Waals surface area contributed by atoms with Crippen molar-refractivity contribution in [3.8, 4) is 0 Å². The van der Waals surface area contributed by atoms with Crippen molar-refractivity contribution in [2.75, 3.05) is 18.9 Å². The van der Waals surface area contributed by atoms with Crippen molar-refractivity contribution >= 4 is 32.1 Å². The average molecular weight is 330 g/mol. The van der Waals surface area contributed by atoms with E-state index in [2.05, 4.69) is 4.98 Å². The third-order valence-electron chi connectivity index (χ3n) is 3.83. The van der Waals surface area contributed by atoms with Crippen LogP contribution in [0.5, 0.6) is 0 Å². The van der Waals surface area contributed by atoms with Crippen LogP contribution >= 0.6 is 11.3 Å². The van der Waals surface area contributed by atoms with E-state index in [1.807, 2.05) is 0 Å². The van der Waals surface area contributed by atoms with Crippen LogP contribution in [0.2, 0.25) is 0 Å². The van der Waals surface area contributed by atoms with E-state index in [1.165, 1.54) is 20.0 Å². The number of aliphatic hydroxyl groups excluding tert-OH is 1. The maximum atomic E-state index is 13.0. The highest BCUT2D eigenvalue weighted by molar-refractivity contribution is 7.89. The van der Waals surface area contributed by atoms with Crippen molar-refractivity contribution in [2.45, 2.75) is 36.8 Å². The third-order valence-corrected chi connectivity index (χ3v) is 6.58. The van der Waals surface area contributed by atoms with Crippen molar-refractivity contribution in [3.05, 3.63) is 11.6 Å². The molecule has 1 saturated heterocycles. The maximum absolute atomic E-state index is 13.0. The van der Waals surface area contributed by atoms with Crippen molar-refractivity contribution in [1.29, 1.82) is 0 Å². The molecule has 0 radical (unpaired) electrons. The molecule has 0 bridgehead atoms. The number of aromatic nitrogens is 2. The lowest BCUT2D eigenvalue weighted by atomic mass is 10.0. The van der Waals surface area contributed by atoms with Crippen molar-refractivity contribution in [3.63, 3.8) is 0 Å². The Morgan fingerprint density at radius 3 is 3.05 bits per heavy atom. The molecule has 0 spiro atoms. The summed E-state index contributed by atoms with van der Waals surface area (Å²) in [5, 5.41) is 11.0. The lowest BCUT2D eigenvalue weighted by Crippen LogP contribution is -2.44. The van der Waals surface area contributed by atoms with Crippen LogP contribution < -0.4 is 5.73 Å². The summed E-state index contributed by atoms with van der Waals surface area (Å²) in [7, 11) is -3.71. The van der Waals surface area contributed by atoms with E-state index in [9.17, 15) is 8.42 Å². The number of nitrogens with two attached hydrogens (primary N) is 1. The summed E-state index contributed by atoms with van der Waals surface area (Å²) < 4.78 is 29.0. The van der Waals surface area contributed by atoms with E-state index in [0.717, 1.165) is 19.3 Å². The van der Waals surface area contributed by atoms with Crippen molar-refractivity contribution < 1.29 is 13.5 Å². The molecule has 1 aliphatic heterocycles. The quantitative estimate of drug-likeness (QED) is 0.867. The van der Waals surface area contributed by atoms with Crippen LogP contribution in [-0.4, -0.2) is 46.4 Å². The van der Waals surface area contributed by atoms with Gasteiger partial charge in [-0.15, -0.1) is 11.3 Å². The van der Waals surface area contributed by atoms with E-state index in [4.69, 9.17) is 10.8 Å². The maximum Gasteiger partial charge on any atom is 0.263 e. The first-order chi connectivity index (χ1) is 10.1. The normalized spacial score (nSPS) is 21.1. The summed E-state index contributed by atoms with van der Waals surface area (Å²) in [6.07, 6.45) is 4.69. The van der Waals surface area contributed by atoms with Crippen LogP contribution in [0, 0.1) is 0 Å². The molecule has 1 atom stereocenters. The van der Waals surface area contributed by atoms with Gasteiger partial charge in [-0.3, -0.25) is 4.40 Å². The second-order valence-corrected chi connectivity index (χ2v) is 7.81. The molecule has 2 aromatic rings. The molecule has 1 aliphatic rings. The van der Waals surface area contributed by atoms with Gasteiger partial charge in [0.15, 0.2) is 15.8 Å². The number of piperidine rings is 1. The molecule has 3 heterocycles. The van der Waals surface area contributed by atoms with E-state index < -0.39 is 10.0 Å². The molecule has 1 fully saturated rings. The van der Waals surface area contributed by atoms with Gasteiger partial charge in [0, 0.05) is 30.8 Å². The number of rotatable bonds is 4. The van der Waals surface area contributed by atoms with Gasteiger partial charge in [-0.1, -0.05) is 6.42 Å². The fraction of sp³-hybridized carbons (Fsp3) is 0.583. The molecule has 9 heteroatoms. The number of anilines is 1. The first-order valence-corrected chi connectivity index (χ1v) is 9.21. The fourth-order valence-electron chi connectivity index (χ4n) is 2.88. The summed E-state index contributed by atoms with van der Waals surface area (Å²) in [5.41, 5.74) is 5.83.